The van der Waals surface area contributed by atoms with Gasteiger partial charge in [0, 0.05) is 29.9 Å². The zero-order valence-corrected chi connectivity index (χ0v) is 17.0. The second-order valence-electron chi connectivity index (χ2n) is 8.05. The van der Waals surface area contributed by atoms with Crippen LogP contribution in [0.3, 0.4) is 0 Å². The summed E-state index contributed by atoms with van der Waals surface area (Å²) < 4.78 is 0. The van der Waals surface area contributed by atoms with Crippen LogP contribution in [0.5, 0.6) is 0 Å². The van der Waals surface area contributed by atoms with Crippen LogP contribution < -0.4 is 10.9 Å². The van der Waals surface area contributed by atoms with Gasteiger partial charge in [-0.05, 0) is 67.9 Å². The number of aromatic amines is 1. The average molecular weight is 389 g/mol. The van der Waals surface area contributed by atoms with Gasteiger partial charge in [-0.15, -0.1) is 0 Å². The van der Waals surface area contributed by atoms with Crippen LogP contribution in [0.4, 0.5) is 5.69 Å². The molecule has 0 radical (unpaired) electrons. The molecular weight excluding hydrogens is 362 g/mol. The molecule has 5 heteroatoms. The van der Waals surface area contributed by atoms with E-state index in [0.29, 0.717) is 11.6 Å². The third-order valence-corrected chi connectivity index (χ3v) is 6.14. The normalized spacial score (nSPS) is 19.2. The number of benzene rings is 1. The lowest BCUT2D eigenvalue weighted by molar-refractivity contribution is 0.101. The Morgan fingerprint density at radius 3 is 2.55 bits per heavy atom. The zero-order chi connectivity index (χ0) is 20.4. The summed E-state index contributed by atoms with van der Waals surface area (Å²) in [5, 5.41) is 4.63. The standard InChI is InChI=1S/C24H27N3O2/c1-3-16-4-8-19(9-5-16)27-24-20-12-17(18-7-11-23(29)26-13-18)6-10-22(20)25-14-21(24)15(2)28/h6-7,10-14,16,19H,3-5,8-9H2,1-2H3,(H,25,27)(H,26,29). The molecule has 1 fully saturated rings. The Kier molecular flexibility index (Phi) is 5.47. The highest BCUT2D eigenvalue weighted by Crippen LogP contribution is 2.34. The van der Waals surface area contributed by atoms with Crippen molar-refractivity contribution < 1.29 is 4.79 Å². The highest BCUT2D eigenvalue weighted by molar-refractivity contribution is 6.07. The predicted octanol–water partition coefficient (Wildman–Crippen LogP) is 5.17. The smallest absolute Gasteiger partial charge is 0.247 e. The predicted molar refractivity (Wildman–Crippen MR) is 117 cm³/mol. The van der Waals surface area contributed by atoms with Crippen molar-refractivity contribution in [3.05, 3.63) is 58.6 Å². The molecule has 1 aromatic carbocycles. The van der Waals surface area contributed by atoms with Crippen LogP contribution in [-0.2, 0) is 0 Å². The second kappa shape index (κ2) is 8.19. The fourth-order valence-corrected chi connectivity index (χ4v) is 4.30. The molecule has 1 saturated carbocycles. The third-order valence-electron chi connectivity index (χ3n) is 6.14. The van der Waals surface area contributed by atoms with Crippen LogP contribution in [-0.4, -0.2) is 21.8 Å². The summed E-state index contributed by atoms with van der Waals surface area (Å²) in [7, 11) is 0. The first-order chi connectivity index (χ1) is 14.0. The summed E-state index contributed by atoms with van der Waals surface area (Å²) in [4.78, 5) is 31.0. The number of Topliss-reactive ketones (excluding diaryl/α,β-unsaturated/α-hetero) is 1. The number of anilines is 1. The topological polar surface area (TPSA) is 74.8 Å². The van der Waals surface area contributed by atoms with E-state index in [0.717, 1.165) is 46.5 Å². The minimum absolute atomic E-state index is 0.0126. The molecular formula is C24H27N3O2. The first-order valence-electron chi connectivity index (χ1n) is 10.4. The number of nitrogens with one attached hydrogen (secondary N) is 2. The molecule has 0 aliphatic heterocycles. The summed E-state index contributed by atoms with van der Waals surface area (Å²) in [5.41, 5.74) is 4.15. The van der Waals surface area contributed by atoms with E-state index in [1.165, 1.54) is 25.3 Å². The molecule has 3 aromatic rings. The van der Waals surface area contributed by atoms with Crippen molar-refractivity contribution in [3.63, 3.8) is 0 Å². The third kappa shape index (κ3) is 4.09. The maximum atomic E-state index is 12.3. The highest BCUT2D eigenvalue weighted by atomic mass is 16.1. The second-order valence-corrected chi connectivity index (χ2v) is 8.05. The van der Waals surface area contributed by atoms with Gasteiger partial charge in [-0.1, -0.05) is 19.4 Å². The molecule has 1 aliphatic carbocycles. The maximum Gasteiger partial charge on any atom is 0.247 e. The molecule has 2 N–H and O–H groups in total. The van der Waals surface area contributed by atoms with Crippen LogP contribution in [0.1, 0.15) is 56.3 Å². The molecule has 0 bridgehead atoms. The molecule has 0 unspecified atom stereocenters. The number of hydrogen-bond donors (Lipinski definition) is 2. The quantitative estimate of drug-likeness (QED) is 0.590. The van der Waals surface area contributed by atoms with Gasteiger partial charge < -0.3 is 10.3 Å². The number of carbonyl (C=O) groups excluding carboxylic acids is 1. The molecule has 0 saturated heterocycles. The monoisotopic (exact) mass is 389 g/mol. The lowest BCUT2D eigenvalue weighted by Gasteiger charge is -2.30. The van der Waals surface area contributed by atoms with Gasteiger partial charge >= 0.3 is 0 Å². The van der Waals surface area contributed by atoms with Crippen molar-refractivity contribution in [1.29, 1.82) is 0 Å². The Labute approximate surface area is 170 Å². The van der Waals surface area contributed by atoms with Gasteiger partial charge in [0.05, 0.1) is 16.8 Å². The number of H-pyrrole nitrogens is 1. The summed E-state index contributed by atoms with van der Waals surface area (Å²) in [6, 6.07) is 9.72. The molecule has 2 aromatic heterocycles. The Morgan fingerprint density at radius 2 is 1.90 bits per heavy atom. The van der Waals surface area contributed by atoms with Gasteiger partial charge in [-0.25, -0.2) is 0 Å². The zero-order valence-electron chi connectivity index (χ0n) is 17.0. The van der Waals surface area contributed by atoms with Gasteiger partial charge in [-0.2, -0.15) is 0 Å². The Hall–Kier alpha value is -2.95. The molecule has 1 aliphatic rings. The van der Waals surface area contributed by atoms with Crippen molar-refractivity contribution in [3.8, 4) is 11.1 Å². The first-order valence-corrected chi connectivity index (χ1v) is 10.4. The van der Waals surface area contributed by atoms with Crippen molar-refractivity contribution >= 4 is 22.4 Å². The van der Waals surface area contributed by atoms with Gasteiger partial charge in [0.25, 0.3) is 0 Å². The van der Waals surface area contributed by atoms with Crippen LogP contribution in [0.15, 0.2) is 47.5 Å². The fraction of sp³-hybridized carbons (Fsp3) is 0.375. The van der Waals surface area contributed by atoms with E-state index in [-0.39, 0.29) is 11.3 Å². The minimum atomic E-state index is -0.125. The lowest BCUT2D eigenvalue weighted by Crippen LogP contribution is -2.26. The van der Waals surface area contributed by atoms with Crippen LogP contribution >= 0.6 is 0 Å². The number of carbonyl (C=O) groups is 1. The van der Waals surface area contributed by atoms with Crippen LogP contribution in [0.2, 0.25) is 0 Å². The molecule has 2 heterocycles. The van der Waals surface area contributed by atoms with E-state index in [2.05, 4.69) is 28.3 Å². The van der Waals surface area contributed by atoms with E-state index in [4.69, 9.17) is 0 Å². The molecule has 29 heavy (non-hydrogen) atoms. The summed E-state index contributed by atoms with van der Waals surface area (Å²) in [6.45, 7) is 3.86. The lowest BCUT2D eigenvalue weighted by atomic mass is 9.84. The number of aromatic nitrogens is 2. The SMILES string of the molecule is CCC1CCC(Nc2c(C(C)=O)cnc3ccc(-c4ccc(=O)[nH]c4)cc23)CC1. The minimum Gasteiger partial charge on any atom is -0.381 e. The molecule has 0 amide bonds. The largest absolute Gasteiger partial charge is 0.381 e. The van der Waals surface area contributed by atoms with Gasteiger partial charge in [0.1, 0.15) is 0 Å². The first kappa shape index (κ1) is 19.4. The molecule has 0 spiro atoms. The van der Waals surface area contributed by atoms with E-state index < -0.39 is 0 Å². The van der Waals surface area contributed by atoms with E-state index in [1.807, 2.05) is 12.1 Å². The van der Waals surface area contributed by atoms with Crippen molar-refractivity contribution in [2.45, 2.75) is 52.0 Å². The Balaban J connectivity index is 1.76. The van der Waals surface area contributed by atoms with Crippen molar-refractivity contribution in [1.82, 2.24) is 9.97 Å². The number of fused-ring (bicyclic) bond motifs is 1. The van der Waals surface area contributed by atoms with Crippen molar-refractivity contribution in [2.75, 3.05) is 5.32 Å². The molecule has 0 atom stereocenters. The molecule has 150 valence electrons. The summed E-state index contributed by atoms with van der Waals surface area (Å²) in [6.07, 6.45) is 9.35. The number of hydrogen-bond acceptors (Lipinski definition) is 4. The number of rotatable bonds is 5. The maximum absolute atomic E-state index is 12.3. The van der Waals surface area contributed by atoms with Crippen LogP contribution in [0, 0.1) is 5.92 Å². The number of ketones is 1. The van der Waals surface area contributed by atoms with Crippen LogP contribution in [0.25, 0.3) is 22.0 Å². The average Bonchev–Trinajstić information content (AvgIpc) is 2.74. The van der Waals surface area contributed by atoms with E-state index in [1.54, 1.807) is 25.4 Å². The van der Waals surface area contributed by atoms with E-state index >= 15 is 0 Å². The number of pyridine rings is 2. The summed E-state index contributed by atoms with van der Waals surface area (Å²) in [5.74, 6) is 0.833. The van der Waals surface area contributed by atoms with Gasteiger partial charge in [-0.3, -0.25) is 14.6 Å². The van der Waals surface area contributed by atoms with Crippen molar-refractivity contribution in [2.24, 2.45) is 5.92 Å². The molecule has 4 rings (SSSR count). The fourth-order valence-electron chi connectivity index (χ4n) is 4.30. The Morgan fingerprint density at radius 1 is 1.14 bits per heavy atom. The Bertz CT molecular complexity index is 1070. The highest BCUT2D eigenvalue weighted by Gasteiger charge is 2.22. The summed E-state index contributed by atoms with van der Waals surface area (Å²) >= 11 is 0. The van der Waals surface area contributed by atoms with Gasteiger partial charge in [0.15, 0.2) is 5.78 Å². The van der Waals surface area contributed by atoms with Gasteiger partial charge in [0.2, 0.25) is 5.56 Å². The molecule has 5 nitrogen and oxygen atoms in total. The number of nitrogens with zero attached hydrogens (tertiary/aromatic N) is 1. The van der Waals surface area contributed by atoms with E-state index in [9.17, 15) is 9.59 Å².